The molecule has 4 nitrogen and oxygen atoms in total. The monoisotopic (exact) mass is 258 g/mol. The van der Waals surface area contributed by atoms with Gasteiger partial charge in [-0.1, -0.05) is 0 Å². The van der Waals surface area contributed by atoms with Gasteiger partial charge in [-0.25, -0.2) is 0 Å². The van der Waals surface area contributed by atoms with E-state index in [2.05, 4.69) is 5.32 Å². The molecule has 1 amide bonds. The summed E-state index contributed by atoms with van der Waals surface area (Å²) in [6, 6.07) is 9.44. The molecule has 0 spiro atoms. The topological polar surface area (TPSA) is 45.5 Å². The van der Waals surface area contributed by atoms with Crippen molar-refractivity contribution in [1.29, 1.82) is 0 Å². The van der Waals surface area contributed by atoms with Crippen LogP contribution in [0.5, 0.6) is 0 Å². The van der Waals surface area contributed by atoms with Crippen molar-refractivity contribution < 1.29 is 9.21 Å². The molecule has 4 heteroatoms. The van der Waals surface area contributed by atoms with E-state index < -0.39 is 0 Å². The van der Waals surface area contributed by atoms with Crippen LogP contribution >= 0.6 is 0 Å². The summed E-state index contributed by atoms with van der Waals surface area (Å²) in [5.74, 6) is -0.0474. The third-order valence-corrected chi connectivity index (χ3v) is 2.93. The molecule has 0 aliphatic carbocycles. The van der Waals surface area contributed by atoms with Crippen LogP contribution in [0.1, 0.15) is 15.9 Å². The van der Waals surface area contributed by atoms with Crippen molar-refractivity contribution in [3.63, 3.8) is 0 Å². The van der Waals surface area contributed by atoms with E-state index in [1.807, 2.05) is 49.3 Å². The zero-order chi connectivity index (χ0) is 13.7. The lowest BCUT2D eigenvalue weighted by Crippen LogP contribution is -2.25. The average molecular weight is 258 g/mol. The molecule has 0 atom stereocenters. The Bertz CT molecular complexity index is 516. The van der Waals surface area contributed by atoms with E-state index in [1.165, 1.54) is 0 Å². The molecule has 0 saturated heterocycles. The standard InChI is InChI=1S/C15H18N2O2/c1-17(2)14-5-3-13(4-6-14)15(18)16-9-7-12-8-10-19-11-12/h3-6,8,10-11H,7,9H2,1-2H3,(H,16,18). The van der Waals surface area contributed by atoms with E-state index in [1.54, 1.807) is 12.5 Å². The Hall–Kier alpha value is -2.23. The fourth-order valence-electron chi connectivity index (χ4n) is 1.77. The maximum atomic E-state index is 11.9. The Morgan fingerprint density at radius 1 is 1.21 bits per heavy atom. The average Bonchev–Trinajstić information content (AvgIpc) is 2.92. The van der Waals surface area contributed by atoms with Crippen LogP contribution < -0.4 is 10.2 Å². The second kappa shape index (κ2) is 6.09. The van der Waals surface area contributed by atoms with Crippen LogP contribution in [-0.2, 0) is 6.42 Å². The quantitative estimate of drug-likeness (QED) is 0.895. The van der Waals surface area contributed by atoms with Gasteiger partial charge in [0.15, 0.2) is 0 Å². The molecule has 0 bridgehead atoms. The predicted octanol–water partition coefficient (Wildman–Crippen LogP) is 2.32. The summed E-state index contributed by atoms with van der Waals surface area (Å²) in [5, 5.41) is 2.89. The molecule has 100 valence electrons. The number of carbonyl (C=O) groups excluding carboxylic acids is 1. The van der Waals surface area contributed by atoms with Crippen LogP contribution in [0.25, 0.3) is 0 Å². The predicted molar refractivity (Wildman–Crippen MR) is 75.5 cm³/mol. The molecule has 2 aromatic rings. The minimum atomic E-state index is -0.0474. The second-order valence-corrected chi connectivity index (χ2v) is 4.58. The van der Waals surface area contributed by atoms with Crippen molar-refractivity contribution in [3.05, 3.63) is 54.0 Å². The largest absolute Gasteiger partial charge is 0.472 e. The number of furan rings is 1. The van der Waals surface area contributed by atoms with E-state index in [0.29, 0.717) is 12.1 Å². The highest BCUT2D eigenvalue weighted by atomic mass is 16.3. The van der Waals surface area contributed by atoms with Gasteiger partial charge in [0.2, 0.25) is 0 Å². The normalized spacial score (nSPS) is 10.2. The Balaban J connectivity index is 1.85. The molecule has 0 radical (unpaired) electrons. The molecule has 1 aromatic carbocycles. The van der Waals surface area contributed by atoms with Gasteiger partial charge in [-0.05, 0) is 42.3 Å². The van der Waals surface area contributed by atoms with Gasteiger partial charge in [0.25, 0.3) is 5.91 Å². The summed E-state index contributed by atoms with van der Waals surface area (Å²) in [4.78, 5) is 13.9. The number of nitrogens with zero attached hydrogens (tertiary/aromatic N) is 1. The van der Waals surface area contributed by atoms with Gasteiger partial charge in [-0.2, -0.15) is 0 Å². The second-order valence-electron chi connectivity index (χ2n) is 4.58. The van der Waals surface area contributed by atoms with Gasteiger partial charge in [0.1, 0.15) is 0 Å². The molecule has 1 heterocycles. The van der Waals surface area contributed by atoms with Gasteiger partial charge in [-0.3, -0.25) is 4.79 Å². The smallest absolute Gasteiger partial charge is 0.251 e. The first kappa shape index (κ1) is 13.2. The fraction of sp³-hybridized carbons (Fsp3) is 0.267. The third kappa shape index (κ3) is 3.61. The summed E-state index contributed by atoms with van der Waals surface area (Å²) in [7, 11) is 3.94. The summed E-state index contributed by atoms with van der Waals surface area (Å²) in [5.41, 5.74) is 2.84. The molecular weight excluding hydrogens is 240 g/mol. The SMILES string of the molecule is CN(C)c1ccc(C(=O)NCCc2ccoc2)cc1. The Morgan fingerprint density at radius 2 is 1.95 bits per heavy atom. The highest BCUT2D eigenvalue weighted by Crippen LogP contribution is 2.12. The molecule has 0 unspecified atom stereocenters. The first-order valence-corrected chi connectivity index (χ1v) is 6.23. The number of hydrogen-bond donors (Lipinski definition) is 1. The zero-order valence-electron chi connectivity index (χ0n) is 11.2. The van der Waals surface area contributed by atoms with Crippen LogP contribution in [0.2, 0.25) is 0 Å². The lowest BCUT2D eigenvalue weighted by Gasteiger charge is -2.12. The number of carbonyl (C=O) groups is 1. The maximum absolute atomic E-state index is 11.9. The Kier molecular flexibility index (Phi) is 4.23. The van der Waals surface area contributed by atoms with Crippen molar-refractivity contribution in [2.24, 2.45) is 0 Å². The summed E-state index contributed by atoms with van der Waals surface area (Å²) in [6.07, 6.45) is 4.10. The minimum absolute atomic E-state index is 0.0474. The van der Waals surface area contributed by atoms with Crippen LogP contribution in [-0.4, -0.2) is 26.5 Å². The van der Waals surface area contributed by atoms with Crippen molar-refractivity contribution in [3.8, 4) is 0 Å². The summed E-state index contributed by atoms with van der Waals surface area (Å²) in [6.45, 7) is 0.605. The first-order chi connectivity index (χ1) is 9.16. The van der Waals surface area contributed by atoms with E-state index in [-0.39, 0.29) is 5.91 Å². The van der Waals surface area contributed by atoms with Crippen LogP contribution in [0, 0.1) is 0 Å². The van der Waals surface area contributed by atoms with E-state index in [9.17, 15) is 4.79 Å². The van der Waals surface area contributed by atoms with Gasteiger partial charge in [-0.15, -0.1) is 0 Å². The van der Waals surface area contributed by atoms with Crippen LogP contribution in [0.3, 0.4) is 0 Å². The van der Waals surface area contributed by atoms with E-state index >= 15 is 0 Å². The fourth-order valence-corrected chi connectivity index (χ4v) is 1.77. The summed E-state index contributed by atoms with van der Waals surface area (Å²) >= 11 is 0. The molecule has 0 saturated carbocycles. The summed E-state index contributed by atoms with van der Waals surface area (Å²) < 4.78 is 4.97. The maximum Gasteiger partial charge on any atom is 0.251 e. The molecule has 0 aliphatic heterocycles. The van der Waals surface area contributed by atoms with Gasteiger partial charge < -0.3 is 14.6 Å². The van der Waals surface area contributed by atoms with Gasteiger partial charge in [0.05, 0.1) is 12.5 Å². The highest BCUT2D eigenvalue weighted by Gasteiger charge is 2.05. The lowest BCUT2D eigenvalue weighted by molar-refractivity contribution is 0.0954. The number of benzene rings is 1. The highest BCUT2D eigenvalue weighted by molar-refractivity contribution is 5.94. The molecule has 19 heavy (non-hydrogen) atoms. The van der Waals surface area contributed by atoms with Crippen LogP contribution in [0.15, 0.2) is 47.3 Å². The molecule has 0 aliphatic rings. The number of nitrogens with one attached hydrogen (secondary N) is 1. The molecule has 0 fully saturated rings. The Morgan fingerprint density at radius 3 is 2.53 bits per heavy atom. The van der Waals surface area contributed by atoms with E-state index in [0.717, 1.165) is 17.7 Å². The number of rotatable bonds is 5. The number of hydrogen-bond acceptors (Lipinski definition) is 3. The molecule has 1 aromatic heterocycles. The van der Waals surface area contributed by atoms with Crippen molar-refractivity contribution in [1.82, 2.24) is 5.32 Å². The molecular formula is C15H18N2O2. The van der Waals surface area contributed by atoms with Crippen molar-refractivity contribution in [2.75, 3.05) is 25.5 Å². The number of anilines is 1. The van der Waals surface area contributed by atoms with Gasteiger partial charge in [0, 0.05) is 31.9 Å². The Labute approximate surface area is 113 Å². The van der Waals surface area contributed by atoms with Crippen molar-refractivity contribution >= 4 is 11.6 Å². The van der Waals surface area contributed by atoms with E-state index in [4.69, 9.17) is 4.42 Å². The molecule has 2 rings (SSSR count). The number of amides is 1. The molecule has 1 N–H and O–H groups in total. The first-order valence-electron chi connectivity index (χ1n) is 6.23. The van der Waals surface area contributed by atoms with Gasteiger partial charge >= 0.3 is 0 Å². The van der Waals surface area contributed by atoms with Crippen molar-refractivity contribution in [2.45, 2.75) is 6.42 Å². The minimum Gasteiger partial charge on any atom is -0.472 e. The van der Waals surface area contributed by atoms with Crippen LogP contribution in [0.4, 0.5) is 5.69 Å². The lowest BCUT2D eigenvalue weighted by atomic mass is 10.2. The zero-order valence-corrected chi connectivity index (χ0v) is 11.2. The third-order valence-electron chi connectivity index (χ3n) is 2.93.